The van der Waals surface area contributed by atoms with Crippen molar-refractivity contribution in [3.05, 3.63) is 42.2 Å². The summed E-state index contributed by atoms with van der Waals surface area (Å²) in [6, 6.07) is 3.92. The molecule has 0 radical (unpaired) electrons. The number of aromatic nitrogens is 1. The fourth-order valence-corrected chi connectivity index (χ4v) is 1.46. The molecule has 1 aromatic heterocycles. The molecule has 0 aromatic carbocycles. The molecule has 2 nitrogen and oxygen atoms in total. The highest BCUT2D eigenvalue weighted by molar-refractivity contribution is 5.21. The Hall–Kier alpha value is -1.15. The topological polar surface area (TPSA) is 33.1 Å². The number of aliphatic hydroxyl groups is 1. The van der Waals surface area contributed by atoms with Crippen LogP contribution in [-0.4, -0.2) is 10.1 Å². The summed E-state index contributed by atoms with van der Waals surface area (Å²) >= 11 is 0. The van der Waals surface area contributed by atoms with Crippen LogP contribution < -0.4 is 0 Å². The minimum atomic E-state index is -0.454. The Balaban J connectivity index is 2.77. The maximum absolute atomic E-state index is 9.85. The van der Waals surface area contributed by atoms with E-state index in [0.29, 0.717) is 6.42 Å². The Morgan fingerprint density at radius 1 is 1.64 bits per heavy atom. The SMILES string of the molecule is C=CCCC(O)c1ncccc1CC. The minimum Gasteiger partial charge on any atom is -0.387 e. The van der Waals surface area contributed by atoms with Crippen molar-refractivity contribution in [1.82, 2.24) is 4.98 Å². The van der Waals surface area contributed by atoms with Crippen LogP contribution in [-0.2, 0) is 6.42 Å². The zero-order valence-corrected chi connectivity index (χ0v) is 8.61. The molecule has 0 spiro atoms. The van der Waals surface area contributed by atoms with Crippen LogP contribution in [0.4, 0.5) is 0 Å². The molecule has 0 amide bonds. The maximum atomic E-state index is 9.85. The van der Waals surface area contributed by atoms with E-state index in [1.54, 1.807) is 6.20 Å². The molecule has 76 valence electrons. The third-order valence-electron chi connectivity index (χ3n) is 2.27. The van der Waals surface area contributed by atoms with Gasteiger partial charge in [0.2, 0.25) is 0 Å². The summed E-state index contributed by atoms with van der Waals surface area (Å²) in [5, 5.41) is 9.85. The molecule has 1 aromatic rings. The summed E-state index contributed by atoms with van der Waals surface area (Å²) in [6.45, 7) is 5.71. The van der Waals surface area contributed by atoms with Crippen molar-refractivity contribution < 1.29 is 5.11 Å². The van der Waals surface area contributed by atoms with Gasteiger partial charge in [-0.2, -0.15) is 0 Å². The molecule has 1 atom stereocenters. The molecular weight excluding hydrogens is 174 g/mol. The molecule has 2 heteroatoms. The Labute approximate surface area is 85.3 Å². The highest BCUT2D eigenvalue weighted by Crippen LogP contribution is 2.20. The van der Waals surface area contributed by atoms with Crippen LogP contribution >= 0.6 is 0 Å². The van der Waals surface area contributed by atoms with Gasteiger partial charge in [-0.25, -0.2) is 0 Å². The molecule has 0 bridgehead atoms. The average Bonchev–Trinajstić information content (AvgIpc) is 2.25. The van der Waals surface area contributed by atoms with E-state index in [4.69, 9.17) is 0 Å². The van der Waals surface area contributed by atoms with Crippen LogP contribution in [0.3, 0.4) is 0 Å². The van der Waals surface area contributed by atoms with E-state index in [1.807, 2.05) is 18.2 Å². The maximum Gasteiger partial charge on any atom is 0.0965 e. The fourth-order valence-electron chi connectivity index (χ4n) is 1.46. The third-order valence-corrected chi connectivity index (χ3v) is 2.27. The van der Waals surface area contributed by atoms with Crippen molar-refractivity contribution in [2.75, 3.05) is 0 Å². The first kappa shape index (κ1) is 10.9. The summed E-state index contributed by atoms with van der Waals surface area (Å²) in [5.74, 6) is 0. The molecular formula is C12H17NO. The molecule has 0 saturated carbocycles. The van der Waals surface area contributed by atoms with Crippen LogP contribution in [0, 0.1) is 0 Å². The molecule has 14 heavy (non-hydrogen) atoms. The second-order valence-electron chi connectivity index (χ2n) is 3.28. The summed E-state index contributed by atoms with van der Waals surface area (Å²) in [4.78, 5) is 4.22. The van der Waals surface area contributed by atoms with Gasteiger partial charge in [-0.3, -0.25) is 4.98 Å². The summed E-state index contributed by atoms with van der Waals surface area (Å²) < 4.78 is 0. The highest BCUT2D eigenvalue weighted by Gasteiger charge is 2.11. The van der Waals surface area contributed by atoms with Gasteiger partial charge in [0.1, 0.15) is 0 Å². The van der Waals surface area contributed by atoms with Gasteiger partial charge >= 0.3 is 0 Å². The van der Waals surface area contributed by atoms with Gasteiger partial charge in [-0.15, -0.1) is 6.58 Å². The molecule has 0 fully saturated rings. The van der Waals surface area contributed by atoms with E-state index in [-0.39, 0.29) is 0 Å². The van der Waals surface area contributed by atoms with Crippen LogP contribution in [0.5, 0.6) is 0 Å². The molecule has 0 aliphatic rings. The van der Waals surface area contributed by atoms with Gasteiger partial charge in [0.05, 0.1) is 11.8 Å². The number of pyridine rings is 1. The normalized spacial score (nSPS) is 12.4. The van der Waals surface area contributed by atoms with Crippen molar-refractivity contribution >= 4 is 0 Å². The van der Waals surface area contributed by atoms with Crippen LogP contribution in [0.2, 0.25) is 0 Å². The summed E-state index contributed by atoms with van der Waals surface area (Å²) in [5.41, 5.74) is 1.95. The lowest BCUT2D eigenvalue weighted by Crippen LogP contribution is -2.04. The lowest BCUT2D eigenvalue weighted by molar-refractivity contribution is 0.163. The van der Waals surface area contributed by atoms with E-state index in [2.05, 4.69) is 18.5 Å². The number of aliphatic hydroxyl groups excluding tert-OH is 1. The molecule has 1 rings (SSSR count). The quantitative estimate of drug-likeness (QED) is 0.726. The van der Waals surface area contributed by atoms with Gasteiger partial charge in [0.15, 0.2) is 0 Å². The van der Waals surface area contributed by atoms with Crippen molar-refractivity contribution in [2.24, 2.45) is 0 Å². The van der Waals surface area contributed by atoms with Gasteiger partial charge < -0.3 is 5.11 Å². The first-order chi connectivity index (χ1) is 6.79. The van der Waals surface area contributed by atoms with Crippen molar-refractivity contribution in [3.63, 3.8) is 0 Å². The lowest BCUT2D eigenvalue weighted by Gasteiger charge is -2.12. The largest absolute Gasteiger partial charge is 0.387 e. The Bertz CT molecular complexity index is 296. The van der Waals surface area contributed by atoms with E-state index in [0.717, 1.165) is 24.1 Å². The number of allylic oxidation sites excluding steroid dienone is 1. The zero-order valence-electron chi connectivity index (χ0n) is 8.61. The van der Waals surface area contributed by atoms with E-state index >= 15 is 0 Å². The van der Waals surface area contributed by atoms with E-state index < -0.39 is 6.10 Å². The summed E-state index contributed by atoms with van der Waals surface area (Å²) in [6.07, 6.45) is 5.52. The smallest absolute Gasteiger partial charge is 0.0965 e. The number of nitrogens with zero attached hydrogens (tertiary/aromatic N) is 1. The van der Waals surface area contributed by atoms with Gasteiger partial charge in [0.25, 0.3) is 0 Å². The van der Waals surface area contributed by atoms with Crippen molar-refractivity contribution in [1.29, 1.82) is 0 Å². The van der Waals surface area contributed by atoms with E-state index in [1.165, 1.54) is 0 Å². The van der Waals surface area contributed by atoms with Gasteiger partial charge in [0, 0.05) is 6.20 Å². The molecule has 1 unspecified atom stereocenters. The highest BCUT2D eigenvalue weighted by atomic mass is 16.3. The number of aryl methyl sites for hydroxylation is 1. The molecule has 1 heterocycles. The molecule has 0 aliphatic heterocycles. The lowest BCUT2D eigenvalue weighted by atomic mass is 10.0. The second-order valence-corrected chi connectivity index (χ2v) is 3.28. The first-order valence-corrected chi connectivity index (χ1v) is 5.02. The molecule has 1 N–H and O–H groups in total. The Morgan fingerprint density at radius 3 is 3.07 bits per heavy atom. The predicted molar refractivity (Wildman–Crippen MR) is 58.0 cm³/mol. The van der Waals surface area contributed by atoms with Crippen LogP contribution in [0.15, 0.2) is 31.0 Å². The monoisotopic (exact) mass is 191 g/mol. The Morgan fingerprint density at radius 2 is 2.43 bits per heavy atom. The number of hydrogen-bond donors (Lipinski definition) is 1. The van der Waals surface area contributed by atoms with Crippen LogP contribution in [0.25, 0.3) is 0 Å². The molecule has 0 aliphatic carbocycles. The first-order valence-electron chi connectivity index (χ1n) is 5.02. The van der Waals surface area contributed by atoms with Gasteiger partial charge in [-0.1, -0.05) is 19.1 Å². The summed E-state index contributed by atoms with van der Waals surface area (Å²) in [7, 11) is 0. The van der Waals surface area contributed by atoms with E-state index in [9.17, 15) is 5.11 Å². The fraction of sp³-hybridized carbons (Fsp3) is 0.417. The zero-order chi connectivity index (χ0) is 10.4. The molecule has 0 saturated heterocycles. The second kappa shape index (κ2) is 5.55. The third kappa shape index (κ3) is 2.67. The van der Waals surface area contributed by atoms with Crippen molar-refractivity contribution in [2.45, 2.75) is 32.3 Å². The predicted octanol–water partition coefficient (Wildman–Crippen LogP) is 2.64. The van der Waals surface area contributed by atoms with Crippen molar-refractivity contribution in [3.8, 4) is 0 Å². The number of hydrogen-bond acceptors (Lipinski definition) is 2. The minimum absolute atomic E-state index is 0.454. The standard InChI is InChI=1S/C12H17NO/c1-3-5-8-11(14)12-10(4-2)7-6-9-13-12/h3,6-7,9,11,14H,1,4-5,8H2,2H3. The Kier molecular flexibility index (Phi) is 4.33. The van der Waals surface area contributed by atoms with Crippen LogP contribution in [0.1, 0.15) is 37.1 Å². The van der Waals surface area contributed by atoms with Gasteiger partial charge in [-0.05, 0) is 30.9 Å². The number of rotatable bonds is 5. The average molecular weight is 191 g/mol.